The van der Waals surface area contributed by atoms with Crippen molar-refractivity contribution in [3.63, 3.8) is 0 Å². The van der Waals surface area contributed by atoms with E-state index in [1.807, 2.05) is 12.1 Å². The van der Waals surface area contributed by atoms with Gasteiger partial charge in [-0.2, -0.15) is 0 Å². The molecule has 1 saturated heterocycles. The van der Waals surface area contributed by atoms with Crippen LogP contribution in [0.15, 0.2) is 22.7 Å². The fourth-order valence-electron chi connectivity index (χ4n) is 2.10. The third-order valence-electron chi connectivity index (χ3n) is 3.00. The second-order valence-corrected chi connectivity index (χ2v) is 5.04. The summed E-state index contributed by atoms with van der Waals surface area (Å²) in [6, 6.07) is 5.81. The molecule has 2 rings (SSSR count). The molecule has 0 spiro atoms. The van der Waals surface area contributed by atoms with Crippen LogP contribution in [0.25, 0.3) is 0 Å². The largest absolute Gasteiger partial charge is 0.507 e. The summed E-state index contributed by atoms with van der Waals surface area (Å²) >= 11 is 3.35. The van der Waals surface area contributed by atoms with E-state index in [2.05, 4.69) is 21.2 Å². The van der Waals surface area contributed by atoms with Crippen molar-refractivity contribution in [3.05, 3.63) is 28.2 Å². The third-order valence-corrected chi connectivity index (χ3v) is 3.63. The molecule has 0 atom stereocenters. The normalized spacial score (nSPS) is 17.9. The molecule has 1 aliphatic rings. The maximum Gasteiger partial charge on any atom is 0.129 e. The number of hydrogen-bond donors (Lipinski definition) is 2. The zero-order chi connectivity index (χ0) is 10.7. The van der Waals surface area contributed by atoms with Crippen LogP contribution in [-0.4, -0.2) is 18.2 Å². The Labute approximate surface area is 98.8 Å². The van der Waals surface area contributed by atoms with Gasteiger partial charge in [-0.3, -0.25) is 0 Å². The molecule has 0 unspecified atom stereocenters. The van der Waals surface area contributed by atoms with Crippen LogP contribution >= 0.6 is 15.9 Å². The van der Waals surface area contributed by atoms with Gasteiger partial charge >= 0.3 is 0 Å². The van der Waals surface area contributed by atoms with Crippen molar-refractivity contribution in [2.45, 2.75) is 19.3 Å². The van der Waals surface area contributed by atoms with E-state index in [1.165, 1.54) is 18.4 Å². The molecule has 1 aliphatic heterocycles. The van der Waals surface area contributed by atoms with Crippen molar-refractivity contribution in [1.82, 2.24) is 5.32 Å². The highest BCUT2D eigenvalue weighted by molar-refractivity contribution is 9.10. The molecule has 1 aromatic carbocycles. The minimum absolute atomic E-state index is 0.323. The summed E-state index contributed by atoms with van der Waals surface area (Å²) in [5.74, 6) is 1.12. The van der Waals surface area contributed by atoms with Gasteiger partial charge in [0.15, 0.2) is 0 Å². The van der Waals surface area contributed by atoms with Gasteiger partial charge in [0, 0.05) is 0 Å². The molecule has 2 N–H and O–H groups in total. The van der Waals surface area contributed by atoms with Gasteiger partial charge in [0.1, 0.15) is 5.75 Å². The molecule has 2 nitrogen and oxygen atoms in total. The summed E-state index contributed by atoms with van der Waals surface area (Å²) in [4.78, 5) is 0. The molecule has 0 radical (unpaired) electrons. The molecular weight excluding hydrogens is 254 g/mol. The first-order valence-corrected chi connectivity index (χ1v) is 6.23. The van der Waals surface area contributed by atoms with Crippen molar-refractivity contribution in [1.29, 1.82) is 0 Å². The highest BCUT2D eigenvalue weighted by Gasteiger charge is 2.13. The molecule has 0 saturated carbocycles. The highest BCUT2D eigenvalue weighted by atomic mass is 79.9. The predicted octanol–water partition coefficient (Wildman–Crippen LogP) is 2.70. The standard InChI is InChI=1S/C12H16BrNO/c13-11-8-10(1-2-12(11)15)7-9-3-5-14-6-4-9/h1-2,8-9,14-15H,3-7H2. The minimum Gasteiger partial charge on any atom is -0.507 e. The Morgan fingerprint density at radius 3 is 2.73 bits per heavy atom. The Morgan fingerprint density at radius 2 is 2.07 bits per heavy atom. The highest BCUT2D eigenvalue weighted by Crippen LogP contribution is 2.26. The lowest BCUT2D eigenvalue weighted by molar-refractivity contribution is 0.372. The van der Waals surface area contributed by atoms with Crippen LogP contribution in [0.4, 0.5) is 0 Å². The van der Waals surface area contributed by atoms with E-state index in [-0.39, 0.29) is 0 Å². The zero-order valence-corrected chi connectivity index (χ0v) is 10.3. The van der Waals surface area contributed by atoms with Crippen molar-refractivity contribution < 1.29 is 5.11 Å². The first kappa shape index (κ1) is 11.0. The summed E-state index contributed by atoms with van der Waals surface area (Å²) in [5.41, 5.74) is 1.31. The molecule has 1 fully saturated rings. The quantitative estimate of drug-likeness (QED) is 0.866. The summed E-state index contributed by atoms with van der Waals surface area (Å²) in [7, 11) is 0. The van der Waals surface area contributed by atoms with Crippen LogP contribution in [0.3, 0.4) is 0 Å². The van der Waals surface area contributed by atoms with E-state index >= 15 is 0 Å². The summed E-state index contributed by atoms with van der Waals surface area (Å²) in [6.45, 7) is 2.29. The Hall–Kier alpha value is -0.540. The fourth-order valence-corrected chi connectivity index (χ4v) is 2.52. The van der Waals surface area contributed by atoms with Gasteiger partial charge in [-0.15, -0.1) is 0 Å². The monoisotopic (exact) mass is 269 g/mol. The second kappa shape index (κ2) is 4.99. The first-order chi connectivity index (χ1) is 7.25. The number of halogens is 1. The maximum atomic E-state index is 9.39. The van der Waals surface area contributed by atoms with Crippen molar-refractivity contribution in [2.24, 2.45) is 5.92 Å². The number of hydrogen-bond acceptors (Lipinski definition) is 2. The van der Waals surface area contributed by atoms with Crippen LogP contribution in [0, 0.1) is 5.92 Å². The predicted molar refractivity (Wildman–Crippen MR) is 65.1 cm³/mol. The lowest BCUT2D eigenvalue weighted by atomic mass is 9.91. The third kappa shape index (κ3) is 2.95. The van der Waals surface area contributed by atoms with Crippen molar-refractivity contribution >= 4 is 15.9 Å². The molecule has 0 aromatic heterocycles. The van der Waals surface area contributed by atoms with Crippen LogP contribution in [-0.2, 0) is 6.42 Å². The Kier molecular flexibility index (Phi) is 3.65. The molecule has 0 amide bonds. The van der Waals surface area contributed by atoms with E-state index in [1.54, 1.807) is 6.07 Å². The van der Waals surface area contributed by atoms with Gasteiger partial charge in [-0.25, -0.2) is 0 Å². The average Bonchev–Trinajstić information content (AvgIpc) is 2.25. The van der Waals surface area contributed by atoms with Crippen LogP contribution < -0.4 is 5.32 Å². The molecular formula is C12H16BrNO. The van der Waals surface area contributed by atoms with Gasteiger partial charge in [-0.05, 0) is 71.9 Å². The number of nitrogens with one attached hydrogen (secondary N) is 1. The smallest absolute Gasteiger partial charge is 0.129 e. The SMILES string of the molecule is Oc1ccc(CC2CCNCC2)cc1Br. The molecule has 0 aliphatic carbocycles. The first-order valence-electron chi connectivity index (χ1n) is 5.44. The Morgan fingerprint density at radius 1 is 1.33 bits per heavy atom. The topological polar surface area (TPSA) is 32.3 Å². The Balaban J connectivity index is 2.00. The van der Waals surface area contributed by atoms with Crippen LogP contribution in [0.5, 0.6) is 5.75 Å². The second-order valence-electron chi connectivity index (χ2n) is 4.18. The summed E-state index contributed by atoms with van der Waals surface area (Å²) in [6.07, 6.45) is 3.65. The number of aromatic hydroxyl groups is 1. The maximum absolute atomic E-state index is 9.39. The number of phenolic OH excluding ortho intramolecular Hbond substituents is 1. The summed E-state index contributed by atoms with van der Waals surface area (Å²) < 4.78 is 0.800. The number of benzene rings is 1. The molecule has 82 valence electrons. The fraction of sp³-hybridized carbons (Fsp3) is 0.500. The minimum atomic E-state index is 0.323. The molecule has 15 heavy (non-hydrogen) atoms. The number of phenols is 1. The number of rotatable bonds is 2. The van der Waals surface area contributed by atoms with Gasteiger partial charge in [-0.1, -0.05) is 6.07 Å². The van der Waals surface area contributed by atoms with E-state index in [0.717, 1.165) is 29.9 Å². The van der Waals surface area contributed by atoms with Crippen molar-refractivity contribution in [2.75, 3.05) is 13.1 Å². The lowest BCUT2D eigenvalue weighted by Gasteiger charge is -2.22. The van der Waals surface area contributed by atoms with Crippen LogP contribution in [0.2, 0.25) is 0 Å². The van der Waals surface area contributed by atoms with E-state index < -0.39 is 0 Å². The molecule has 0 bridgehead atoms. The molecule has 3 heteroatoms. The Bertz CT molecular complexity index is 334. The molecule has 1 aromatic rings. The average molecular weight is 270 g/mol. The summed E-state index contributed by atoms with van der Waals surface area (Å²) in [5, 5.41) is 12.8. The van der Waals surface area contributed by atoms with Gasteiger partial charge in [0.2, 0.25) is 0 Å². The van der Waals surface area contributed by atoms with E-state index in [4.69, 9.17) is 0 Å². The van der Waals surface area contributed by atoms with Gasteiger partial charge in [0.25, 0.3) is 0 Å². The van der Waals surface area contributed by atoms with Gasteiger partial charge in [0.05, 0.1) is 4.47 Å². The van der Waals surface area contributed by atoms with E-state index in [0.29, 0.717) is 5.75 Å². The molecule has 1 heterocycles. The zero-order valence-electron chi connectivity index (χ0n) is 8.67. The van der Waals surface area contributed by atoms with Gasteiger partial charge < -0.3 is 10.4 Å². The van der Waals surface area contributed by atoms with E-state index in [9.17, 15) is 5.11 Å². The number of piperidine rings is 1. The van der Waals surface area contributed by atoms with Crippen molar-refractivity contribution in [3.8, 4) is 5.75 Å². The lowest BCUT2D eigenvalue weighted by Crippen LogP contribution is -2.28. The van der Waals surface area contributed by atoms with Crippen LogP contribution in [0.1, 0.15) is 18.4 Å².